The zero-order valence-corrected chi connectivity index (χ0v) is 11.1. The molecule has 0 radical (unpaired) electrons. The van der Waals surface area contributed by atoms with E-state index in [9.17, 15) is 18.0 Å². The van der Waals surface area contributed by atoms with Crippen molar-refractivity contribution in [2.45, 2.75) is 24.9 Å². The first-order valence-electron chi connectivity index (χ1n) is 6.22. The minimum atomic E-state index is -4.36. The summed E-state index contributed by atoms with van der Waals surface area (Å²) in [5.74, 6) is 1.72. The molecule has 1 atom stereocenters. The molecule has 0 saturated carbocycles. The molecule has 0 spiro atoms. The Kier molecular flexibility index (Phi) is 4.55. The van der Waals surface area contributed by atoms with Gasteiger partial charge in [0.05, 0.1) is 5.56 Å². The van der Waals surface area contributed by atoms with Crippen LogP contribution in [0.15, 0.2) is 24.3 Å². The van der Waals surface area contributed by atoms with Gasteiger partial charge in [0.1, 0.15) is 6.29 Å². The maximum Gasteiger partial charge on any atom is 0.416 e. The number of hydrogen-bond acceptors (Lipinski definition) is 2. The average molecular weight is 288 g/mol. The average Bonchev–Trinajstić information content (AvgIpc) is 2.40. The van der Waals surface area contributed by atoms with E-state index in [-0.39, 0.29) is 5.92 Å². The highest BCUT2D eigenvalue weighted by molar-refractivity contribution is 7.99. The molecule has 1 aliphatic heterocycles. The van der Waals surface area contributed by atoms with Crippen LogP contribution in [-0.4, -0.2) is 17.8 Å². The number of hydrogen-bond donors (Lipinski definition) is 0. The number of benzene rings is 1. The zero-order valence-electron chi connectivity index (χ0n) is 10.3. The number of rotatable bonds is 3. The molecule has 1 nitrogen and oxygen atoms in total. The molecule has 1 aromatic carbocycles. The van der Waals surface area contributed by atoms with Crippen molar-refractivity contribution in [2.24, 2.45) is 5.92 Å². The lowest BCUT2D eigenvalue weighted by Crippen LogP contribution is -2.20. The first kappa shape index (κ1) is 14.4. The van der Waals surface area contributed by atoms with E-state index in [1.807, 2.05) is 11.8 Å². The van der Waals surface area contributed by atoms with Gasteiger partial charge in [-0.15, -0.1) is 0 Å². The lowest BCUT2D eigenvalue weighted by Gasteiger charge is -2.27. The fraction of sp³-hybridized carbons (Fsp3) is 0.500. The van der Waals surface area contributed by atoms with E-state index in [2.05, 4.69) is 0 Å². The lowest BCUT2D eigenvalue weighted by atomic mass is 9.83. The molecule has 0 N–H and O–H groups in total. The van der Waals surface area contributed by atoms with Crippen molar-refractivity contribution in [1.29, 1.82) is 0 Å². The smallest absolute Gasteiger partial charge is 0.303 e. The third kappa shape index (κ3) is 3.53. The van der Waals surface area contributed by atoms with Crippen LogP contribution in [0.25, 0.3) is 0 Å². The van der Waals surface area contributed by atoms with Gasteiger partial charge in [0.15, 0.2) is 0 Å². The number of aldehydes is 1. The first-order valence-corrected chi connectivity index (χ1v) is 7.38. The third-order valence-electron chi connectivity index (χ3n) is 3.52. The second kappa shape index (κ2) is 5.99. The summed E-state index contributed by atoms with van der Waals surface area (Å²) in [4.78, 5) is 11.3. The van der Waals surface area contributed by atoms with Crippen LogP contribution in [0.3, 0.4) is 0 Å². The molecule has 2 rings (SSSR count). The normalized spacial score (nSPS) is 19.1. The Hall–Kier alpha value is -0.970. The number of alkyl halides is 3. The van der Waals surface area contributed by atoms with Crippen LogP contribution in [-0.2, 0) is 11.0 Å². The summed E-state index contributed by atoms with van der Waals surface area (Å²) in [5, 5.41) is 0. The van der Waals surface area contributed by atoms with E-state index in [1.165, 1.54) is 6.07 Å². The third-order valence-corrected chi connectivity index (χ3v) is 4.57. The van der Waals surface area contributed by atoms with E-state index in [1.54, 1.807) is 6.07 Å². The highest BCUT2D eigenvalue weighted by atomic mass is 32.2. The van der Waals surface area contributed by atoms with Crippen LogP contribution in [0.5, 0.6) is 0 Å². The standard InChI is InChI=1S/C14H15F3OS/c15-14(16,17)12-3-1-2-11(8-12)13(9-18)10-4-6-19-7-5-10/h1-3,8-10,13H,4-7H2. The van der Waals surface area contributed by atoms with Crippen molar-refractivity contribution in [2.75, 3.05) is 11.5 Å². The maximum absolute atomic E-state index is 12.7. The predicted octanol–water partition coefficient (Wildman–Crippen LogP) is 4.13. The SMILES string of the molecule is O=CC(c1cccc(C(F)(F)F)c1)C1CCSCC1. The zero-order chi connectivity index (χ0) is 13.9. The van der Waals surface area contributed by atoms with Crippen LogP contribution in [0.2, 0.25) is 0 Å². The monoisotopic (exact) mass is 288 g/mol. The molecule has 0 bridgehead atoms. The number of halogens is 3. The number of thioether (sulfide) groups is 1. The number of carbonyl (C=O) groups is 1. The van der Waals surface area contributed by atoms with E-state index in [4.69, 9.17) is 0 Å². The molecule has 104 valence electrons. The Labute approximate surface area is 114 Å². The van der Waals surface area contributed by atoms with Crippen LogP contribution in [0, 0.1) is 5.92 Å². The summed E-state index contributed by atoms with van der Waals surface area (Å²) in [6.45, 7) is 0. The van der Waals surface area contributed by atoms with Gasteiger partial charge >= 0.3 is 6.18 Å². The van der Waals surface area contributed by atoms with Crippen molar-refractivity contribution in [1.82, 2.24) is 0 Å². The van der Waals surface area contributed by atoms with E-state index in [0.29, 0.717) is 5.56 Å². The fourth-order valence-corrected chi connectivity index (χ4v) is 3.60. The molecule has 1 fully saturated rings. The second-order valence-electron chi connectivity index (χ2n) is 4.73. The minimum Gasteiger partial charge on any atom is -0.303 e. The lowest BCUT2D eigenvalue weighted by molar-refractivity contribution is -0.137. The molecule has 1 heterocycles. The highest BCUT2D eigenvalue weighted by Crippen LogP contribution is 2.36. The second-order valence-corrected chi connectivity index (χ2v) is 5.96. The highest BCUT2D eigenvalue weighted by Gasteiger charge is 2.32. The Bertz CT molecular complexity index is 439. The molecule has 0 aliphatic carbocycles. The van der Waals surface area contributed by atoms with Gasteiger partial charge in [0, 0.05) is 5.92 Å². The molecule has 5 heteroatoms. The van der Waals surface area contributed by atoms with Gasteiger partial charge < -0.3 is 4.79 Å². The van der Waals surface area contributed by atoms with Crippen molar-refractivity contribution < 1.29 is 18.0 Å². The van der Waals surface area contributed by atoms with Crippen molar-refractivity contribution in [3.8, 4) is 0 Å². The fourth-order valence-electron chi connectivity index (χ4n) is 2.46. The minimum absolute atomic E-state index is 0.169. The van der Waals surface area contributed by atoms with E-state index >= 15 is 0 Å². The van der Waals surface area contributed by atoms with Gasteiger partial charge in [0.2, 0.25) is 0 Å². The molecule has 0 amide bonds. The summed E-state index contributed by atoms with van der Waals surface area (Å²) < 4.78 is 38.1. The molecule has 1 saturated heterocycles. The first-order chi connectivity index (χ1) is 9.02. The van der Waals surface area contributed by atoms with E-state index in [0.717, 1.165) is 42.8 Å². The van der Waals surface area contributed by atoms with Crippen molar-refractivity contribution in [3.05, 3.63) is 35.4 Å². The summed E-state index contributed by atoms with van der Waals surface area (Å²) in [6, 6.07) is 5.16. The van der Waals surface area contributed by atoms with Gasteiger partial charge in [-0.2, -0.15) is 24.9 Å². The molecule has 1 unspecified atom stereocenters. The van der Waals surface area contributed by atoms with Crippen LogP contribution in [0.1, 0.15) is 29.9 Å². The Morgan fingerprint density at radius 1 is 1.26 bits per heavy atom. The van der Waals surface area contributed by atoms with Gasteiger partial charge in [-0.1, -0.05) is 18.2 Å². The predicted molar refractivity (Wildman–Crippen MR) is 70.3 cm³/mol. The molecule has 0 aromatic heterocycles. The maximum atomic E-state index is 12.7. The van der Waals surface area contributed by atoms with Crippen LogP contribution >= 0.6 is 11.8 Å². The quantitative estimate of drug-likeness (QED) is 0.778. The van der Waals surface area contributed by atoms with Gasteiger partial charge in [-0.3, -0.25) is 0 Å². The summed E-state index contributed by atoms with van der Waals surface area (Å²) in [6.07, 6.45) is -1.77. The largest absolute Gasteiger partial charge is 0.416 e. The van der Waals surface area contributed by atoms with E-state index < -0.39 is 17.7 Å². The molecule has 19 heavy (non-hydrogen) atoms. The van der Waals surface area contributed by atoms with Crippen LogP contribution < -0.4 is 0 Å². The molecule has 1 aliphatic rings. The Morgan fingerprint density at radius 3 is 2.53 bits per heavy atom. The summed E-state index contributed by atoms with van der Waals surface area (Å²) >= 11 is 1.83. The Morgan fingerprint density at radius 2 is 1.95 bits per heavy atom. The number of carbonyl (C=O) groups excluding carboxylic acids is 1. The van der Waals surface area contributed by atoms with Gasteiger partial charge in [0.25, 0.3) is 0 Å². The topological polar surface area (TPSA) is 17.1 Å². The van der Waals surface area contributed by atoms with Gasteiger partial charge in [-0.25, -0.2) is 0 Å². The van der Waals surface area contributed by atoms with Gasteiger partial charge in [-0.05, 0) is 41.9 Å². The summed E-state index contributed by atoms with van der Waals surface area (Å²) in [7, 11) is 0. The Balaban J connectivity index is 2.25. The van der Waals surface area contributed by atoms with Crippen LogP contribution in [0.4, 0.5) is 13.2 Å². The summed E-state index contributed by atoms with van der Waals surface area (Å²) in [5.41, 5.74) is -0.191. The van der Waals surface area contributed by atoms with Crippen molar-refractivity contribution >= 4 is 18.0 Å². The molecular formula is C14H15F3OS. The molecular weight excluding hydrogens is 273 g/mol. The van der Waals surface area contributed by atoms with Crippen molar-refractivity contribution in [3.63, 3.8) is 0 Å². The molecule has 1 aromatic rings.